The Bertz CT molecular complexity index is 155. The van der Waals surface area contributed by atoms with Crippen molar-refractivity contribution in [1.82, 2.24) is 5.32 Å². The Morgan fingerprint density at radius 2 is 1.75 bits per heavy atom. The van der Waals surface area contributed by atoms with Crippen molar-refractivity contribution >= 4 is 0 Å². The van der Waals surface area contributed by atoms with Crippen LogP contribution in [0.25, 0.3) is 0 Å². The van der Waals surface area contributed by atoms with Gasteiger partial charge in [0.1, 0.15) is 0 Å². The van der Waals surface area contributed by atoms with Gasteiger partial charge >= 0.3 is 0 Å². The normalized spacial score (nSPS) is 26.8. The third kappa shape index (κ3) is 0.236. The van der Waals surface area contributed by atoms with Gasteiger partial charge in [0, 0.05) is 0 Å². The first-order chi connectivity index (χ1) is 3.85. The summed E-state index contributed by atoms with van der Waals surface area (Å²) < 4.78 is 0. The van der Waals surface area contributed by atoms with Crippen LogP contribution in [-0.2, 0) is 0 Å². The van der Waals surface area contributed by atoms with Gasteiger partial charge in [-0.2, -0.15) is 0 Å². The Hall–Kier alpha value is -0.540. The van der Waals surface area contributed by atoms with Crippen molar-refractivity contribution in [2.45, 2.75) is 0 Å². The maximum Gasteiger partial charge on any atom is 0.0998 e. The molecule has 0 aromatic carbocycles. The molecule has 0 bridgehead atoms. The fraction of sp³-hybridized carbons (Fsp3) is 0.600. The van der Waals surface area contributed by atoms with Gasteiger partial charge in [-0.05, 0) is 0 Å². The molecule has 3 heteroatoms. The van der Waals surface area contributed by atoms with Gasteiger partial charge in [0.05, 0.1) is 30.0 Å². The van der Waals surface area contributed by atoms with E-state index in [-0.39, 0.29) is 18.6 Å². The molecule has 0 unspecified atom stereocenters. The summed E-state index contributed by atoms with van der Waals surface area (Å²) in [5, 5.41) is 20.1. The molecule has 0 amide bonds. The van der Waals surface area contributed by atoms with Crippen molar-refractivity contribution in [2.75, 3.05) is 13.2 Å². The van der Waals surface area contributed by atoms with Crippen LogP contribution in [0.1, 0.15) is 0 Å². The first kappa shape index (κ1) is 4.35. The molecule has 0 radical (unpaired) electrons. The summed E-state index contributed by atoms with van der Waals surface area (Å²) in [7, 11) is 0. The minimum absolute atomic E-state index is 0.0567. The molecule has 0 aromatic heterocycles. The quantitative estimate of drug-likeness (QED) is 0.421. The number of hydrogen-bond donors (Lipinski definition) is 3. The molecule has 44 valence electrons. The van der Waals surface area contributed by atoms with E-state index in [1.165, 1.54) is 0 Å². The van der Waals surface area contributed by atoms with E-state index >= 15 is 0 Å². The number of rotatable bonds is 2. The van der Waals surface area contributed by atoms with Crippen LogP contribution in [-0.4, -0.2) is 23.4 Å². The lowest BCUT2D eigenvalue weighted by Gasteiger charge is -2.18. The lowest BCUT2D eigenvalue weighted by Crippen LogP contribution is -2.30. The Labute approximate surface area is 46.6 Å². The van der Waals surface area contributed by atoms with Gasteiger partial charge in [-0.25, -0.2) is 0 Å². The van der Waals surface area contributed by atoms with E-state index in [1.54, 1.807) is 0 Å². The molecule has 0 atom stereocenters. The molecule has 0 fully saturated rings. The second-order valence-corrected chi connectivity index (χ2v) is 2.27. The number of nitrogens with one attached hydrogen (secondary N) is 1. The van der Waals surface area contributed by atoms with Crippen LogP contribution in [0.5, 0.6) is 0 Å². The Morgan fingerprint density at radius 3 is 1.75 bits per heavy atom. The highest BCUT2D eigenvalue weighted by Crippen LogP contribution is 2.60. The average Bonchev–Trinajstić information content (AvgIpc) is 2.53. The molecular weight excluding hydrogens is 106 g/mol. The SMILES string of the molecule is OCC1(CO)C2=C1N2. The van der Waals surface area contributed by atoms with Crippen molar-refractivity contribution in [3.8, 4) is 0 Å². The predicted molar refractivity (Wildman–Crippen MR) is 26.8 cm³/mol. The third-order valence-electron chi connectivity index (χ3n) is 1.87. The second-order valence-electron chi connectivity index (χ2n) is 2.27. The van der Waals surface area contributed by atoms with Gasteiger partial charge in [0.2, 0.25) is 0 Å². The third-order valence-corrected chi connectivity index (χ3v) is 1.87. The van der Waals surface area contributed by atoms with E-state index in [0.29, 0.717) is 0 Å². The van der Waals surface area contributed by atoms with Crippen molar-refractivity contribution in [2.24, 2.45) is 5.41 Å². The Morgan fingerprint density at radius 1 is 1.25 bits per heavy atom. The van der Waals surface area contributed by atoms with Crippen LogP contribution < -0.4 is 5.32 Å². The van der Waals surface area contributed by atoms with Gasteiger partial charge in [-0.3, -0.25) is 0 Å². The highest BCUT2D eigenvalue weighted by Gasteiger charge is 2.64. The Kier molecular flexibility index (Phi) is 0.501. The first-order valence-electron chi connectivity index (χ1n) is 2.59. The predicted octanol–water partition coefficient (Wildman–Crippen LogP) is -1.21. The van der Waals surface area contributed by atoms with Crippen molar-refractivity contribution < 1.29 is 10.2 Å². The molecule has 0 saturated heterocycles. The van der Waals surface area contributed by atoms with Gasteiger partial charge in [0.15, 0.2) is 0 Å². The first-order valence-corrected chi connectivity index (χ1v) is 2.59. The lowest BCUT2D eigenvalue weighted by atomic mass is 10.0. The fourth-order valence-corrected chi connectivity index (χ4v) is 0.996. The van der Waals surface area contributed by atoms with Crippen LogP contribution in [0.2, 0.25) is 0 Å². The van der Waals surface area contributed by atoms with E-state index in [4.69, 9.17) is 10.2 Å². The second kappa shape index (κ2) is 0.921. The van der Waals surface area contributed by atoms with Crippen molar-refractivity contribution in [1.29, 1.82) is 0 Å². The van der Waals surface area contributed by atoms with Crippen LogP contribution in [0.4, 0.5) is 0 Å². The van der Waals surface area contributed by atoms with Crippen molar-refractivity contribution in [3.05, 3.63) is 11.4 Å². The molecule has 0 spiro atoms. The zero-order valence-corrected chi connectivity index (χ0v) is 4.31. The summed E-state index contributed by atoms with van der Waals surface area (Å²) in [6, 6.07) is 0. The molecule has 1 heterocycles. The summed E-state index contributed by atoms with van der Waals surface area (Å²) >= 11 is 0. The minimum atomic E-state index is -0.278. The van der Waals surface area contributed by atoms with Gasteiger partial charge in [0.25, 0.3) is 0 Å². The summed E-state index contributed by atoms with van der Waals surface area (Å²) in [6.07, 6.45) is 0. The van der Waals surface area contributed by atoms with E-state index in [1.807, 2.05) is 0 Å². The molecule has 2 rings (SSSR count). The largest absolute Gasteiger partial charge is 0.395 e. The standard InChI is InChI=1S/C5H7NO2/c7-1-5(2-8)3-4(5)6-3/h6-8H,1-2H2. The van der Waals surface area contributed by atoms with Crippen LogP contribution in [0, 0.1) is 5.41 Å². The monoisotopic (exact) mass is 113 g/mol. The van der Waals surface area contributed by atoms with Gasteiger partial charge < -0.3 is 15.5 Å². The topological polar surface area (TPSA) is 62.4 Å². The Balaban J connectivity index is 2.04. The lowest BCUT2D eigenvalue weighted by molar-refractivity contribution is 0.125. The number of hydrogen-bond acceptors (Lipinski definition) is 3. The summed E-state index contributed by atoms with van der Waals surface area (Å²) in [4.78, 5) is 0. The van der Waals surface area contributed by atoms with E-state index in [2.05, 4.69) is 5.32 Å². The fourth-order valence-electron chi connectivity index (χ4n) is 0.996. The number of aliphatic hydroxyl groups is 2. The molecule has 3 N–H and O–H groups in total. The average molecular weight is 113 g/mol. The minimum Gasteiger partial charge on any atom is -0.395 e. The maximum atomic E-state index is 8.62. The van der Waals surface area contributed by atoms with E-state index in [0.717, 1.165) is 11.4 Å². The highest BCUT2D eigenvalue weighted by atomic mass is 16.3. The molecule has 3 nitrogen and oxygen atoms in total. The zero-order chi connectivity index (χ0) is 5.78. The van der Waals surface area contributed by atoms with Gasteiger partial charge in [-0.15, -0.1) is 0 Å². The van der Waals surface area contributed by atoms with Gasteiger partial charge in [-0.1, -0.05) is 0 Å². The zero-order valence-electron chi connectivity index (χ0n) is 4.31. The highest BCUT2D eigenvalue weighted by molar-refractivity contribution is 5.62. The van der Waals surface area contributed by atoms with E-state index < -0.39 is 0 Å². The molecule has 1 aliphatic carbocycles. The van der Waals surface area contributed by atoms with Crippen LogP contribution in [0.15, 0.2) is 11.4 Å². The van der Waals surface area contributed by atoms with Crippen LogP contribution >= 0.6 is 0 Å². The van der Waals surface area contributed by atoms with E-state index in [9.17, 15) is 0 Å². The van der Waals surface area contributed by atoms with Crippen LogP contribution in [0.3, 0.4) is 0 Å². The summed E-state index contributed by atoms with van der Waals surface area (Å²) in [5.41, 5.74) is 1.84. The molecule has 2 aliphatic rings. The summed E-state index contributed by atoms with van der Waals surface area (Å²) in [6.45, 7) is 0.113. The smallest absolute Gasteiger partial charge is 0.0998 e. The van der Waals surface area contributed by atoms with Crippen molar-refractivity contribution in [3.63, 3.8) is 0 Å². The molecule has 8 heavy (non-hydrogen) atoms. The molecule has 0 saturated carbocycles. The summed E-state index contributed by atoms with van der Waals surface area (Å²) in [5.74, 6) is 0. The molecule has 1 aliphatic heterocycles. The number of aliphatic hydroxyl groups excluding tert-OH is 2. The molecular formula is C5H7NO2. The molecule has 0 aromatic rings. The maximum absolute atomic E-state index is 8.62.